The lowest BCUT2D eigenvalue weighted by Gasteiger charge is -2.34. The van der Waals surface area contributed by atoms with E-state index >= 15 is 0 Å². The second-order valence-corrected chi connectivity index (χ2v) is 9.43. The van der Waals surface area contributed by atoms with Crippen LogP contribution in [0.4, 0.5) is 5.13 Å². The Morgan fingerprint density at radius 3 is 2.55 bits per heavy atom. The van der Waals surface area contributed by atoms with Crippen molar-refractivity contribution in [1.29, 1.82) is 0 Å². The molecule has 0 saturated carbocycles. The van der Waals surface area contributed by atoms with Crippen molar-refractivity contribution in [2.75, 3.05) is 38.2 Å². The summed E-state index contributed by atoms with van der Waals surface area (Å²) in [5, 5.41) is 5.74. The first-order valence-electron chi connectivity index (χ1n) is 11.3. The Bertz CT molecular complexity index is 1000. The number of nitrogens with zero attached hydrogens (tertiary/aromatic N) is 5. The van der Waals surface area contributed by atoms with E-state index in [-0.39, 0.29) is 5.92 Å². The highest BCUT2D eigenvalue weighted by molar-refractivity contribution is 7.20. The summed E-state index contributed by atoms with van der Waals surface area (Å²) in [6.45, 7) is 3.56. The van der Waals surface area contributed by atoms with Gasteiger partial charge in [0.15, 0.2) is 0 Å². The summed E-state index contributed by atoms with van der Waals surface area (Å²) in [4.78, 5) is 23.1. The molecule has 0 bridgehead atoms. The standard InChI is InChI=1S/C23H29N5O2S/c1-30-19-10-8-17(9-11-19)20-16-28-22(24-20)31-23(25-28)27-14-6-7-18(15-27)21(29)26-12-4-2-3-5-13-26/h8-11,16,18H,2-7,12-15H2,1H3. The van der Waals surface area contributed by atoms with Gasteiger partial charge in [-0.2, -0.15) is 0 Å². The van der Waals surface area contributed by atoms with Crippen LogP contribution in [-0.4, -0.2) is 58.7 Å². The number of amides is 1. The lowest BCUT2D eigenvalue weighted by atomic mass is 9.96. The fourth-order valence-electron chi connectivity index (χ4n) is 4.62. The minimum Gasteiger partial charge on any atom is -0.497 e. The first-order valence-corrected chi connectivity index (χ1v) is 12.1. The second-order valence-electron chi connectivity index (χ2n) is 8.49. The van der Waals surface area contributed by atoms with Gasteiger partial charge in [0.2, 0.25) is 16.0 Å². The molecule has 1 aromatic carbocycles. The molecule has 164 valence electrons. The third-order valence-electron chi connectivity index (χ3n) is 6.38. The van der Waals surface area contributed by atoms with Gasteiger partial charge in [0.05, 0.1) is 24.9 Å². The zero-order valence-corrected chi connectivity index (χ0v) is 18.8. The zero-order chi connectivity index (χ0) is 21.2. The van der Waals surface area contributed by atoms with Gasteiger partial charge in [-0.15, -0.1) is 5.10 Å². The summed E-state index contributed by atoms with van der Waals surface area (Å²) in [6, 6.07) is 7.90. The molecule has 4 heterocycles. The third kappa shape index (κ3) is 4.26. The van der Waals surface area contributed by atoms with Gasteiger partial charge >= 0.3 is 0 Å². The van der Waals surface area contributed by atoms with Crippen LogP contribution >= 0.6 is 11.3 Å². The van der Waals surface area contributed by atoms with Crippen molar-refractivity contribution in [3.63, 3.8) is 0 Å². The number of fused-ring (bicyclic) bond motifs is 1. The van der Waals surface area contributed by atoms with Gasteiger partial charge in [-0.3, -0.25) is 4.79 Å². The number of ether oxygens (including phenoxy) is 1. The maximum Gasteiger partial charge on any atom is 0.227 e. The minimum atomic E-state index is 0.0814. The predicted molar refractivity (Wildman–Crippen MR) is 123 cm³/mol. The fraction of sp³-hybridized carbons (Fsp3) is 0.522. The molecule has 1 unspecified atom stereocenters. The number of piperidine rings is 1. The lowest BCUT2D eigenvalue weighted by Crippen LogP contribution is -2.45. The monoisotopic (exact) mass is 439 g/mol. The molecule has 1 amide bonds. The van der Waals surface area contributed by atoms with Crippen molar-refractivity contribution in [1.82, 2.24) is 19.5 Å². The molecule has 5 rings (SSSR count). The van der Waals surface area contributed by atoms with Crippen molar-refractivity contribution < 1.29 is 9.53 Å². The molecule has 31 heavy (non-hydrogen) atoms. The smallest absolute Gasteiger partial charge is 0.227 e. The largest absolute Gasteiger partial charge is 0.497 e. The number of hydrogen-bond acceptors (Lipinski definition) is 6. The van der Waals surface area contributed by atoms with E-state index in [0.29, 0.717) is 5.91 Å². The van der Waals surface area contributed by atoms with Crippen molar-refractivity contribution >= 4 is 27.3 Å². The predicted octanol–water partition coefficient (Wildman–Crippen LogP) is 4.09. The molecular formula is C23H29N5O2S. The van der Waals surface area contributed by atoms with Crippen LogP contribution in [0.1, 0.15) is 38.5 Å². The van der Waals surface area contributed by atoms with Crippen LogP contribution in [0.2, 0.25) is 0 Å². The van der Waals surface area contributed by atoms with Crippen LogP contribution in [0.3, 0.4) is 0 Å². The summed E-state index contributed by atoms with van der Waals surface area (Å²) in [6.07, 6.45) is 8.76. The Hall–Kier alpha value is -2.61. The number of likely N-dealkylation sites (tertiary alicyclic amines) is 1. The van der Waals surface area contributed by atoms with Gasteiger partial charge in [-0.1, -0.05) is 24.2 Å². The average molecular weight is 440 g/mol. The molecule has 2 fully saturated rings. The van der Waals surface area contributed by atoms with Gasteiger partial charge in [-0.25, -0.2) is 9.50 Å². The van der Waals surface area contributed by atoms with Crippen molar-refractivity contribution in [3.05, 3.63) is 30.5 Å². The molecule has 0 spiro atoms. The minimum absolute atomic E-state index is 0.0814. The first-order chi connectivity index (χ1) is 15.2. The summed E-state index contributed by atoms with van der Waals surface area (Å²) in [7, 11) is 1.67. The fourth-order valence-corrected chi connectivity index (χ4v) is 5.54. The van der Waals surface area contributed by atoms with Crippen molar-refractivity contribution in [3.8, 4) is 17.0 Å². The Morgan fingerprint density at radius 1 is 1.06 bits per heavy atom. The Labute approximate surface area is 186 Å². The molecule has 2 aromatic heterocycles. The maximum absolute atomic E-state index is 13.1. The van der Waals surface area contributed by atoms with Gasteiger partial charge < -0.3 is 14.5 Å². The van der Waals surface area contributed by atoms with Gasteiger partial charge in [-0.05, 0) is 49.9 Å². The van der Waals surface area contributed by atoms with E-state index in [9.17, 15) is 4.79 Å². The van der Waals surface area contributed by atoms with E-state index in [2.05, 4.69) is 9.80 Å². The van der Waals surface area contributed by atoms with Crippen LogP contribution in [0.15, 0.2) is 30.5 Å². The van der Waals surface area contributed by atoms with Crippen LogP contribution in [-0.2, 0) is 4.79 Å². The van der Waals surface area contributed by atoms with Gasteiger partial charge in [0.1, 0.15) is 5.75 Å². The third-order valence-corrected chi connectivity index (χ3v) is 7.36. The quantitative estimate of drug-likeness (QED) is 0.613. The van der Waals surface area contributed by atoms with Crippen molar-refractivity contribution in [2.45, 2.75) is 38.5 Å². The van der Waals surface area contributed by atoms with Crippen LogP contribution in [0, 0.1) is 5.92 Å². The molecule has 0 aliphatic carbocycles. The average Bonchev–Trinajstić information content (AvgIpc) is 3.27. The number of carbonyl (C=O) groups excluding carboxylic acids is 1. The topological polar surface area (TPSA) is 63.0 Å². The maximum atomic E-state index is 13.1. The molecule has 8 heteroatoms. The zero-order valence-electron chi connectivity index (χ0n) is 18.0. The number of carbonyl (C=O) groups is 1. The molecule has 0 radical (unpaired) electrons. The second kappa shape index (κ2) is 8.86. The molecule has 2 aliphatic rings. The SMILES string of the molecule is COc1ccc(-c2cn3nc(N4CCCC(C(=O)N5CCCCCC5)C4)sc3n2)cc1. The molecule has 0 N–H and O–H groups in total. The summed E-state index contributed by atoms with van der Waals surface area (Å²) < 4.78 is 7.09. The molecule has 2 saturated heterocycles. The van der Waals surface area contributed by atoms with E-state index in [1.54, 1.807) is 18.4 Å². The molecular weight excluding hydrogens is 410 g/mol. The number of anilines is 1. The Balaban J connectivity index is 1.29. The number of imidazole rings is 1. The summed E-state index contributed by atoms with van der Waals surface area (Å²) in [5.74, 6) is 1.26. The van der Waals surface area contributed by atoms with Crippen LogP contribution in [0.25, 0.3) is 16.2 Å². The number of rotatable bonds is 4. The van der Waals surface area contributed by atoms with E-state index < -0.39 is 0 Å². The molecule has 7 nitrogen and oxygen atoms in total. The number of aromatic nitrogens is 3. The van der Waals surface area contributed by atoms with Gasteiger partial charge in [0.25, 0.3) is 0 Å². The normalized spacial score (nSPS) is 20.1. The van der Waals surface area contributed by atoms with Crippen molar-refractivity contribution in [2.24, 2.45) is 5.92 Å². The first kappa shape index (κ1) is 20.3. The van der Waals surface area contributed by atoms with E-state index in [1.165, 1.54) is 12.8 Å². The molecule has 3 aromatic rings. The number of benzene rings is 1. The van der Waals surface area contributed by atoms with Crippen LogP contribution in [0.5, 0.6) is 5.75 Å². The Morgan fingerprint density at radius 2 is 1.84 bits per heavy atom. The van der Waals surface area contributed by atoms with Gasteiger partial charge in [0, 0.05) is 31.7 Å². The Kier molecular flexibility index (Phi) is 5.80. The highest BCUT2D eigenvalue weighted by Gasteiger charge is 2.31. The summed E-state index contributed by atoms with van der Waals surface area (Å²) in [5.41, 5.74) is 1.95. The van der Waals surface area contributed by atoms with Crippen LogP contribution < -0.4 is 9.64 Å². The molecule has 2 aliphatic heterocycles. The highest BCUT2D eigenvalue weighted by atomic mass is 32.1. The summed E-state index contributed by atoms with van der Waals surface area (Å²) >= 11 is 1.60. The van der Waals surface area contributed by atoms with E-state index in [1.807, 2.05) is 35.0 Å². The number of methoxy groups -OCH3 is 1. The van der Waals surface area contributed by atoms with E-state index in [0.717, 1.165) is 79.0 Å². The molecule has 1 atom stereocenters. The highest BCUT2D eigenvalue weighted by Crippen LogP contribution is 2.31. The number of hydrogen-bond donors (Lipinski definition) is 0. The van der Waals surface area contributed by atoms with E-state index in [4.69, 9.17) is 14.8 Å². The lowest BCUT2D eigenvalue weighted by molar-refractivity contribution is -0.135.